The highest BCUT2D eigenvalue weighted by atomic mass is 127. The lowest BCUT2D eigenvalue weighted by molar-refractivity contribution is -0.136. The number of ketones is 1. The normalized spacial score (nSPS) is 20.9. The Hall–Kier alpha value is -0.910. The number of Topliss-reactive ketones (excluding diaryl/α,β-unsaturated/α-hetero) is 1. The third-order valence-electron chi connectivity index (χ3n) is 3.40. The summed E-state index contributed by atoms with van der Waals surface area (Å²) in [4.78, 5) is 22.4. The second-order valence-electron chi connectivity index (χ2n) is 4.70. The molecular weight excluding hydrogens is 343 g/mol. The van der Waals surface area contributed by atoms with Crippen LogP contribution in [-0.2, 0) is 16.0 Å². The molecule has 0 radical (unpaired) electrons. The Morgan fingerprint density at radius 2 is 2.06 bits per heavy atom. The minimum atomic E-state index is -0.825. The second kappa shape index (κ2) is 5.82. The van der Waals surface area contributed by atoms with Gasteiger partial charge >= 0.3 is 5.97 Å². The largest absolute Gasteiger partial charge is 0.480 e. The predicted molar refractivity (Wildman–Crippen MR) is 76.9 cm³/mol. The number of carbonyl (C=O) groups is 2. The van der Waals surface area contributed by atoms with Gasteiger partial charge in [-0.25, -0.2) is 0 Å². The Morgan fingerprint density at radius 3 is 2.56 bits per heavy atom. The van der Waals surface area contributed by atoms with E-state index in [4.69, 9.17) is 5.11 Å². The molecule has 1 aliphatic carbocycles. The van der Waals surface area contributed by atoms with Crippen LogP contribution in [0.1, 0.15) is 34.3 Å². The van der Waals surface area contributed by atoms with Gasteiger partial charge in [0.1, 0.15) is 9.71 Å². The highest BCUT2D eigenvalue weighted by molar-refractivity contribution is 14.1. The van der Waals surface area contributed by atoms with E-state index in [1.165, 1.54) is 0 Å². The summed E-state index contributed by atoms with van der Waals surface area (Å²) < 4.78 is -0.509. The first-order chi connectivity index (χ1) is 8.58. The van der Waals surface area contributed by atoms with Crippen LogP contribution in [0, 0.1) is 5.92 Å². The molecule has 96 valence electrons. The number of hydrogen-bond donors (Lipinski definition) is 1. The van der Waals surface area contributed by atoms with E-state index < -0.39 is 9.89 Å². The Balaban J connectivity index is 2.03. The monoisotopic (exact) mass is 358 g/mol. The Morgan fingerprint density at radius 1 is 1.39 bits per heavy atom. The molecule has 1 aromatic carbocycles. The Labute approximate surface area is 120 Å². The van der Waals surface area contributed by atoms with Crippen molar-refractivity contribution in [3.63, 3.8) is 0 Å². The summed E-state index contributed by atoms with van der Waals surface area (Å²) in [6, 6.07) is 7.57. The van der Waals surface area contributed by atoms with E-state index in [1.54, 1.807) is 0 Å². The van der Waals surface area contributed by atoms with Gasteiger partial charge in [0.15, 0.2) is 0 Å². The lowest BCUT2D eigenvalue weighted by Gasteiger charge is -2.09. The molecule has 2 unspecified atom stereocenters. The number of benzene rings is 1. The van der Waals surface area contributed by atoms with Crippen LogP contribution in [0.25, 0.3) is 0 Å². The highest BCUT2D eigenvalue weighted by Gasteiger charge is 2.24. The molecule has 0 heterocycles. The van der Waals surface area contributed by atoms with Crippen LogP contribution in [0.5, 0.6) is 0 Å². The standard InChI is InChI=1S/C14H15IO3/c15-13(14(17)18)10-6-4-9(5-7-10)8-11-2-1-3-12(11)16/h4-7,11,13H,1-3,8H2,(H,17,18). The summed E-state index contributed by atoms with van der Waals surface area (Å²) in [5.74, 6) is -0.281. The molecule has 2 rings (SSSR count). The summed E-state index contributed by atoms with van der Waals surface area (Å²) in [7, 11) is 0. The summed E-state index contributed by atoms with van der Waals surface area (Å²) in [5, 5.41) is 8.92. The topological polar surface area (TPSA) is 54.4 Å². The van der Waals surface area contributed by atoms with Crippen LogP contribution in [0.2, 0.25) is 0 Å². The molecule has 1 saturated carbocycles. The molecule has 0 amide bonds. The van der Waals surface area contributed by atoms with Crippen molar-refractivity contribution < 1.29 is 14.7 Å². The summed E-state index contributed by atoms with van der Waals surface area (Å²) in [5.41, 5.74) is 1.91. The molecule has 1 aromatic rings. The van der Waals surface area contributed by atoms with Gasteiger partial charge < -0.3 is 5.11 Å². The van der Waals surface area contributed by atoms with Gasteiger partial charge in [-0.1, -0.05) is 46.9 Å². The number of rotatable bonds is 4. The lowest BCUT2D eigenvalue weighted by atomic mass is 9.96. The van der Waals surface area contributed by atoms with Gasteiger partial charge in [0.25, 0.3) is 0 Å². The Bertz CT molecular complexity index is 453. The van der Waals surface area contributed by atoms with E-state index in [0.717, 1.165) is 36.8 Å². The highest BCUT2D eigenvalue weighted by Crippen LogP contribution is 2.27. The summed E-state index contributed by atoms with van der Waals surface area (Å²) in [6.45, 7) is 0. The molecule has 2 atom stereocenters. The fourth-order valence-corrected chi connectivity index (χ4v) is 2.77. The van der Waals surface area contributed by atoms with Crippen LogP contribution < -0.4 is 0 Å². The molecule has 3 nitrogen and oxygen atoms in total. The Kier molecular flexibility index (Phi) is 4.37. The molecule has 4 heteroatoms. The maximum Gasteiger partial charge on any atom is 0.320 e. The van der Waals surface area contributed by atoms with E-state index in [1.807, 2.05) is 46.9 Å². The van der Waals surface area contributed by atoms with Gasteiger partial charge in [-0.15, -0.1) is 0 Å². The van der Waals surface area contributed by atoms with Gasteiger partial charge in [0, 0.05) is 12.3 Å². The van der Waals surface area contributed by atoms with Crippen molar-refractivity contribution in [1.82, 2.24) is 0 Å². The first-order valence-corrected chi connectivity index (χ1v) is 7.31. The molecule has 0 saturated heterocycles. The number of carboxylic acid groups (broad SMARTS) is 1. The fourth-order valence-electron chi connectivity index (χ4n) is 2.35. The summed E-state index contributed by atoms with van der Waals surface area (Å²) >= 11 is 1.91. The van der Waals surface area contributed by atoms with Gasteiger partial charge in [0.2, 0.25) is 0 Å². The number of halogens is 1. The molecule has 0 aromatic heterocycles. The van der Waals surface area contributed by atoms with Crippen molar-refractivity contribution >= 4 is 34.3 Å². The smallest absolute Gasteiger partial charge is 0.320 e. The maximum atomic E-state index is 11.6. The molecule has 1 aliphatic rings. The van der Waals surface area contributed by atoms with Crippen LogP contribution >= 0.6 is 22.6 Å². The summed E-state index contributed by atoms with van der Waals surface area (Å²) in [6.07, 6.45) is 3.51. The minimum absolute atomic E-state index is 0.172. The van der Waals surface area contributed by atoms with E-state index in [9.17, 15) is 9.59 Å². The van der Waals surface area contributed by atoms with Crippen molar-refractivity contribution in [3.8, 4) is 0 Å². The minimum Gasteiger partial charge on any atom is -0.480 e. The third kappa shape index (κ3) is 3.10. The van der Waals surface area contributed by atoms with Crippen LogP contribution in [-0.4, -0.2) is 16.9 Å². The number of carboxylic acids is 1. The molecule has 18 heavy (non-hydrogen) atoms. The van der Waals surface area contributed by atoms with E-state index in [0.29, 0.717) is 5.78 Å². The zero-order valence-electron chi connectivity index (χ0n) is 9.93. The third-order valence-corrected chi connectivity index (χ3v) is 4.65. The van der Waals surface area contributed by atoms with E-state index in [2.05, 4.69) is 0 Å². The van der Waals surface area contributed by atoms with Gasteiger partial charge in [-0.05, 0) is 30.4 Å². The van der Waals surface area contributed by atoms with Gasteiger partial charge in [0.05, 0.1) is 0 Å². The van der Waals surface area contributed by atoms with Crippen molar-refractivity contribution in [3.05, 3.63) is 35.4 Å². The SMILES string of the molecule is O=C1CCCC1Cc1ccc(C(I)C(=O)O)cc1. The molecule has 1 fully saturated rings. The van der Waals surface area contributed by atoms with Crippen LogP contribution in [0.4, 0.5) is 0 Å². The van der Waals surface area contributed by atoms with Gasteiger partial charge in [-0.3, -0.25) is 9.59 Å². The first kappa shape index (κ1) is 13.5. The average molecular weight is 358 g/mol. The van der Waals surface area contributed by atoms with Crippen LogP contribution in [0.15, 0.2) is 24.3 Å². The van der Waals surface area contributed by atoms with E-state index >= 15 is 0 Å². The lowest BCUT2D eigenvalue weighted by Crippen LogP contribution is -2.09. The van der Waals surface area contributed by atoms with Crippen molar-refractivity contribution in [2.75, 3.05) is 0 Å². The quantitative estimate of drug-likeness (QED) is 0.665. The zero-order valence-corrected chi connectivity index (χ0v) is 12.1. The molecular formula is C14H15IO3. The molecule has 1 N–H and O–H groups in total. The van der Waals surface area contributed by atoms with Crippen molar-refractivity contribution in [2.24, 2.45) is 5.92 Å². The molecule has 0 spiro atoms. The average Bonchev–Trinajstić information content (AvgIpc) is 2.75. The zero-order chi connectivity index (χ0) is 13.1. The fraction of sp³-hybridized carbons (Fsp3) is 0.429. The van der Waals surface area contributed by atoms with Gasteiger partial charge in [-0.2, -0.15) is 0 Å². The molecule has 0 bridgehead atoms. The number of alkyl halides is 1. The van der Waals surface area contributed by atoms with E-state index in [-0.39, 0.29) is 5.92 Å². The molecule has 0 aliphatic heterocycles. The second-order valence-corrected chi connectivity index (χ2v) is 5.95. The first-order valence-electron chi connectivity index (χ1n) is 6.06. The predicted octanol–water partition coefficient (Wildman–Crippen LogP) is 3.16. The maximum absolute atomic E-state index is 11.6. The number of carbonyl (C=O) groups excluding carboxylic acids is 1. The van der Waals surface area contributed by atoms with Crippen molar-refractivity contribution in [1.29, 1.82) is 0 Å². The number of aliphatic carboxylic acids is 1. The number of hydrogen-bond acceptors (Lipinski definition) is 2. The van der Waals surface area contributed by atoms with Crippen LogP contribution in [0.3, 0.4) is 0 Å². The van der Waals surface area contributed by atoms with Crippen molar-refractivity contribution in [2.45, 2.75) is 29.6 Å².